The minimum atomic E-state index is -0.245. The van der Waals surface area contributed by atoms with Gasteiger partial charge in [-0.1, -0.05) is 50.6 Å². The lowest BCUT2D eigenvalue weighted by Crippen LogP contribution is -2.43. The van der Waals surface area contributed by atoms with E-state index in [-0.39, 0.29) is 30.3 Å². The number of hydrogen-bond donors (Lipinski definition) is 2. The van der Waals surface area contributed by atoms with E-state index in [1.165, 1.54) is 12.8 Å². The van der Waals surface area contributed by atoms with E-state index in [1.807, 2.05) is 49.0 Å². The number of amides is 1. The maximum Gasteiger partial charge on any atom is 0.224 e. The summed E-state index contributed by atoms with van der Waals surface area (Å²) < 4.78 is 0. The molecule has 0 bridgehead atoms. The van der Waals surface area contributed by atoms with Gasteiger partial charge in [0.1, 0.15) is 0 Å². The molecule has 2 rings (SSSR count). The molecule has 0 saturated heterocycles. The van der Waals surface area contributed by atoms with E-state index in [0.717, 1.165) is 17.7 Å². The zero-order chi connectivity index (χ0) is 15.2. The number of nitrogens with one attached hydrogen (secondary N) is 1. The fraction of sp³-hybridized carbons (Fsp3) is 0.588. The Morgan fingerprint density at radius 3 is 2.68 bits per heavy atom. The van der Waals surface area contributed by atoms with Crippen LogP contribution in [0.3, 0.4) is 0 Å². The number of thioether (sulfide) groups is 1. The van der Waals surface area contributed by atoms with Gasteiger partial charge in [-0.25, -0.2) is 0 Å². The molecule has 1 aromatic carbocycles. The molecule has 0 aromatic heterocycles. The van der Waals surface area contributed by atoms with Crippen LogP contribution in [-0.4, -0.2) is 23.0 Å². The van der Waals surface area contributed by atoms with E-state index >= 15 is 0 Å². The summed E-state index contributed by atoms with van der Waals surface area (Å²) in [6, 6.07) is 9.93. The first kappa shape index (κ1) is 19.3. The number of halogens is 1. The van der Waals surface area contributed by atoms with Crippen molar-refractivity contribution in [3.05, 3.63) is 35.9 Å². The number of rotatable bonds is 6. The van der Waals surface area contributed by atoms with Gasteiger partial charge in [-0.2, -0.15) is 11.8 Å². The van der Waals surface area contributed by atoms with Crippen LogP contribution in [0.15, 0.2) is 30.3 Å². The summed E-state index contributed by atoms with van der Waals surface area (Å²) in [6.07, 6.45) is 3.51. The molecular weight excluding hydrogens is 316 g/mol. The van der Waals surface area contributed by atoms with Crippen molar-refractivity contribution in [3.63, 3.8) is 0 Å². The van der Waals surface area contributed by atoms with Crippen molar-refractivity contribution in [2.75, 3.05) is 5.75 Å². The highest BCUT2D eigenvalue weighted by molar-refractivity contribution is 7.99. The third-order valence-corrected chi connectivity index (χ3v) is 5.62. The van der Waals surface area contributed by atoms with E-state index in [1.54, 1.807) is 0 Å². The zero-order valence-electron chi connectivity index (χ0n) is 13.3. The van der Waals surface area contributed by atoms with Crippen LogP contribution in [-0.2, 0) is 4.79 Å². The van der Waals surface area contributed by atoms with Crippen molar-refractivity contribution >= 4 is 30.1 Å². The molecule has 0 heterocycles. The Morgan fingerprint density at radius 1 is 1.36 bits per heavy atom. The molecule has 0 radical (unpaired) electrons. The average Bonchev–Trinajstić information content (AvgIpc) is 2.94. The Labute approximate surface area is 144 Å². The summed E-state index contributed by atoms with van der Waals surface area (Å²) in [5, 5.41) is 3.79. The first-order chi connectivity index (χ1) is 10.1. The summed E-state index contributed by atoms with van der Waals surface area (Å²) >= 11 is 1.96. The first-order valence-electron chi connectivity index (χ1n) is 7.86. The Hall–Kier alpha value is -0.710. The smallest absolute Gasteiger partial charge is 0.224 e. The summed E-state index contributed by atoms with van der Waals surface area (Å²) in [4.78, 5) is 12.5. The van der Waals surface area contributed by atoms with Crippen molar-refractivity contribution in [3.8, 4) is 0 Å². The SMILES string of the molecule is CCSC1CCCC1NC(=O)C(C)C(N)c1ccccc1.Cl. The predicted molar refractivity (Wildman–Crippen MR) is 97.5 cm³/mol. The van der Waals surface area contributed by atoms with Gasteiger partial charge < -0.3 is 11.1 Å². The Kier molecular flexibility index (Phi) is 8.29. The first-order valence-corrected chi connectivity index (χ1v) is 8.90. The minimum Gasteiger partial charge on any atom is -0.352 e. The summed E-state index contributed by atoms with van der Waals surface area (Å²) in [6.45, 7) is 4.10. The maximum absolute atomic E-state index is 12.5. The van der Waals surface area contributed by atoms with Gasteiger partial charge in [0.15, 0.2) is 0 Å². The van der Waals surface area contributed by atoms with Crippen LogP contribution in [0.1, 0.15) is 44.7 Å². The molecule has 3 nitrogen and oxygen atoms in total. The Morgan fingerprint density at radius 2 is 2.05 bits per heavy atom. The molecule has 1 aromatic rings. The lowest BCUT2D eigenvalue weighted by atomic mass is 9.94. The molecular formula is C17H27ClN2OS. The number of nitrogens with two attached hydrogens (primary N) is 1. The molecule has 1 fully saturated rings. The molecule has 4 unspecified atom stereocenters. The molecule has 0 spiro atoms. The third kappa shape index (κ3) is 4.90. The minimum absolute atomic E-state index is 0. The second-order valence-electron chi connectivity index (χ2n) is 5.76. The Balaban J connectivity index is 0.00000242. The molecule has 1 aliphatic carbocycles. The van der Waals surface area contributed by atoms with E-state index in [9.17, 15) is 4.79 Å². The van der Waals surface area contributed by atoms with Crippen LogP contribution < -0.4 is 11.1 Å². The number of hydrogen-bond acceptors (Lipinski definition) is 3. The number of carbonyl (C=O) groups is 1. The van der Waals surface area contributed by atoms with Crippen molar-refractivity contribution in [2.45, 2.75) is 50.4 Å². The van der Waals surface area contributed by atoms with Gasteiger partial charge in [-0.15, -0.1) is 12.4 Å². The van der Waals surface area contributed by atoms with Gasteiger partial charge >= 0.3 is 0 Å². The largest absolute Gasteiger partial charge is 0.352 e. The molecule has 0 aliphatic heterocycles. The highest BCUT2D eigenvalue weighted by Crippen LogP contribution is 2.30. The van der Waals surface area contributed by atoms with Gasteiger partial charge in [0, 0.05) is 17.3 Å². The fourth-order valence-corrected chi connectivity index (χ4v) is 4.14. The van der Waals surface area contributed by atoms with E-state index in [4.69, 9.17) is 5.73 Å². The van der Waals surface area contributed by atoms with Crippen LogP contribution in [0.5, 0.6) is 0 Å². The van der Waals surface area contributed by atoms with E-state index < -0.39 is 0 Å². The molecule has 1 amide bonds. The van der Waals surface area contributed by atoms with Crippen molar-refractivity contribution in [2.24, 2.45) is 11.7 Å². The third-order valence-electron chi connectivity index (χ3n) is 4.30. The van der Waals surface area contributed by atoms with E-state index in [0.29, 0.717) is 11.3 Å². The molecule has 4 atom stereocenters. The average molecular weight is 343 g/mol. The van der Waals surface area contributed by atoms with Crippen LogP contribution in [0.25, 0.3) is 0 Å². The summed E-state index contributed by atoms with van der Waals surface area (Å²) in [5.74, 6) is 0.982. The second-order valence-corrected chi connectivity index (χ2v) is 7.28. The quantitative estimate of drug-likeness (QED) is 0.831. The van der Waals surface area contributed by atoms with Gasteiger partial charge in [-0.05, 0) is 24.2 Å². The highest BCUT2D eigenvalue weighted by atomic mass is 35.5. The lowest BCUT2D eigenvalue weighted by Gasteiger charge is -2.25. The van der Waals surface area contributed by atoms with Gasteiger partial charge in [-0.3, -0.25) is 4.79 Å². The molecule has 22 heavy (non-hydrogen) atoms. The van der Waals surface area contributed by atoms with E-state index in [2.05, 4.69) is 12.2 Å². The van der Waals surface area contributed by atoms with Crippen LogP contribution in [0.2, 0.25) is 0 Å². The molecule has 3 N–H and O–H groups in total. The maximum atomic E-state index is 12.5. The van der Waals surface area contributed by atoms with Gasteiger partial charge in [0.2, 0.25) is 5.91 Å². The fourth-order valence-electron chi connectivity index (χ4n) is 2.95. The number of carbonyl (C=O) groups excluding carboxylic acids is 1. The standard InChI is InChI=1S/C17H26N2OS.ClH/c1-3-21-15-11-7-10-14(15)19-17(20)12(2)16(18)13-8-5-4-6-9-13;/h4-6,8-9,12,14-16H,3,7,10-11,18H2,1-2H3,(H,19,20);1H. The molecule has 5 heteroatoms. The van der Waals surface area contributed by atoms with Crippen LogP contribution >= 0.6 is 24.2 Å². The van der Waals surface area contributed by atoms with Crippen LogP contribution in [0, 0.1) is 5.92 Å². The van der Waals surface area contributed by atoms with Crippen molar-refractivity contribution in [1.29, 1.82) is 0 Å². The normalized spacial score (nSPS) is 23.4. The summed E-state index contributed by atoms with van der Waals surface area (Å²) in [5.41, 5.74) is 7.26. The predicted octanol–water partition coefficient (Wildman–Crippen LogP) is 3.53. The van der Waals surface area contributed by atoms with Crippen LogP contribution in [0.4, 0.5) is 0 Å². The summed E-state index contributed by atoms with van der Waals surface area (Å²) in [7, 11) is 0. The topological polar surface area (TPSA) is 55.1 Å². The lowest BCUT2D eigenvalue weighted by molar-refractivity contribution is -0.125. The number of benzene rings is 1. The monoisotopic (exact) mass is 342 g/mol. The van der Waals surface area contributed by atoms with Gasteiger partial charge in [0.25, 0.3) is 0 Å². The molecule has 1 saturated carbocycles. The van der Waals surface area contributed by atoms with Crippen molar-refractivity contribution in [1.82, 2.24) is 5.32 Å². The van der Waals surface area contributed by atoms with Crippen molar-refractivity contribution < 1.29 is 4.79 Å². The zero-order valence-corrected chi connectivity index (χ0v) is 15.0. The molecule has 1 aliphatic rings. The molecule has 124 valence electrons. The Bertz CT molecular complexity index is 457. The highest BCUT2D eigenvalue weighted by Gasteiger charge is 2.31. The van der Waals surface area contributed by atoms with Gasteiger partial charge in [0.05, 0.1) is 5.92 Å². The second kappa shape index (κ2) is 9.43.